The Hall–Kier alpha value is -5.48. The van der Waals surface area contributed by atoms with Crippen LogP contribution < -0.4 is 21.1 Å². The largest absolute Gasteiger partial charge is 0.489 e. The lowest BCUT2D eigenvalue weighted by Crippen LogP contribution is -2.27. The lowest BCUT2D eigenvalue weighted by Gasteiger charge is -2.17. The van der Waals surface area contributed by atoms with Gasteiger partial charge in [-0.05, 0) is 84.8 Å². The minimum Gasteiger partial charge on any atom is -0.489 e. The number of aliphatic imine (C=N–C) groups is 1. The van der Waals surface area contributed by atoms with Crippen molar-refractivity contribution in [1.82, 2.24) is 10.6 Å². The van der Waals surface area contributed by atoms with Crippen molar-refractivity contribution in [3.8, 4) is 16.9 Å². The summed E-state index contributed by atoms with van der Waals surface area (Å²) in [5.74, 6) is 0.208. The van der Waals surface area contributed by atoms with Gasteiger partial charge in [-0.15, -0.1) is 0 Å². The van der Waals surface area contributed by atoms with E-state index in [4.69, 9.17) is 15.2 Å². The molecule has 4 aromatic carbocycles. The molecular formula is C39H44N4O6. The SMILES string of the molecule is CC(C)CNC(=O)c1ccc(-c2ccc(OCc3ccccc3)cc2C(=O)NCc2ccc(/C(N)=N/C(=O)OC(C)(C)C)cc2)c(CO)c1. The lowest BCUT2D eigenvalue weighted by molar-refractivity contribution is 0.0603. The number of nitrogens with two attached hydrogens (primary N) is 1. The van der Waals surface area contributed by atoms with Crippen molar-refractivity contribution in [3.63, 3.8) is 0 Å². The van der Waals surface area contributed by atoms with Crippen molar-refractivity contribution in [3.05, 3.63) is 124 Å². The minimum atomic E-state index is -0.777. The molecule has 5 N–H and O–H groups in total. The number of rotatable bonds is 12. The Labute approximate surface area is 287 Å². The predicted molar refractivity (Wildman–Crippen MR) is 190 cm³/mol. The fourth-order valence-corrected chi connectivity index (χ4v) is 4.82. The normalized spacial score (nSPS) is 11.6. The first-order chi connectivity index (χ1) is 23.3. The summed E-state index contributed by atoms with van der Waals surface area (Å²) in [5.41, 5.74) is 10.1. The van der Waals surface area contributed by atoms with Gasteiger partial charge in [0.15, 0.2) is 0 Å². The van der Waals surface area contributed by atoms with Gasteiger partial charge in [0.1, 0.15) is 23.8 Å². The van der Waals surface area contributed by atoms with E-state index in [9.17, 15) is 19.5 Å². The summed E-state index contributed by atoms with van der Waals surface area (Å²) in [4.78, 5) is 42.4. The number of benzene rings is 4. The third-order valence-electron chi connectivity index (χ3n) is 7.29. The molecule has 0 aromatic heterocycles. The Morgan fingerprint density at radius 2 is 1.49 bits per heavy atom. The van der Waals surface area contributed by atoms with Crippen molar-refractivity contribution in [2.45, 2.75) is 60.0 Å². The van der Waals surface area contributed by atoms with Gasteiger partial charge in [0.2, 0.25) is 0 Å². The average Bonchev–Trinajstić information content (AvgIpc) is 3.08. The number of ether oxygens (including phenoxy) is 2. The number of amidine groups is 1. The maximum absolute atomic E-state index is 13.8. The molecule has 0 aliphatic rings. The molecule has 0 saturated carbocycles. The fourth-order valence-electron chi connectivity index (χ4n) is 4.82. The predicted octanol–water partition coefficient (Wildman–Crippen LogP) is 6.38. The van der Waals surface area contributed by atoms with Gasteiger partial charge in [-0.2, -0.15) is 4.99 Å². The van der Waals surface area contributed by atoms with Crippen LogP contribution >= 0.6 is 0 Å². The number of amides is 3. The molecule has 256 valence electrons. The van der Waals surface area contributed by atoms with Gasteiger partial charge in [0, 0.05) is 24.2 Å². The quantitative estimate of drug-likeness (QED) is 0.101. The zero-order valence-corrected chi connectivity index (χ0v) is 28.6. The second-order valence-electron chi connectivity index (χ2n) is 13.0. The minimum absolute atomic E-state index is 0.0184. The van der Waals surface area contributed by atoms with Crippen LogP contribution in [0.4, 0.5) is 4.79 Å². The van der Waals surface area contributed by atoms with Crippen LogP contribution in [-0.2, 0) is 24.5 Å². The highest BCUT2D eigenvalue weighted by Crippen LogP contribution is 2.32. The molecule has 10 heteroatoms. The van der Waals surface area contributed by atoms with E-state index in [2.05, 4.69) is 15.6 Å². The molecule has 0 fully saturated rings. The van der Waals surface area contributed by atoms with Crippen molar-refractivity contribution in [2.75, 3.05) is 6.54 Å². The van der Waals surface area contributed by atoms with Crippen LogP contribution in [-0.4, -0.2) is 41.0 Å². The number of hydrogen-bond acceptors (Lipinski definition) is 6. The molecular weight excluding hydrogens is 620 g/mol. The molecule has 3 amide bonds. The molecule has 0 radical (unpaired) electrons. The van der Waals surface area contributed by atoms with E-state index in [-0.39, 0.29) is 30.8 Å². The van der Waals surface area contributed by atoms with E-state index >= 15 is 0 Å². The Kier molecular flexibility index (Phi) is 12.3. The number of hydrogen-bond donors (Lipinski definition) is 4. The summed E-state index contributed by atoms with van der Waals surface area (Å²) in [6, 6.07) is 27.0. The molecule has 0 spiro atoms. The van der Waals surface area contributed by atoms with Crippen molar-refractivity contribution >= 4 is 23.7 Å². The Morgan fingerprint density at radius 1 is 0.816 bits per heavy atom. The van der Waals surface area contributed by atoms with E-state index < -0.39 is 11.7 Å². The lowest BCUT2D eigenvalue weighted by atomic mass is 9.93. The van der Waals surface area contributed by atoms with Crippen LogP contribution in [0.3, 0.4) is 0 Å². The zero-order valence-electron chi connectivity index (χ0n) is 28.6. The smallest absolute Gasteiger partial charge is 0.436 e. The van der Waals surface area contributed by atoms with E-state index in [1.54, 1.807) is 81.4 Å². The molecule has 0 saturated heterocycles. The Bertz CT molecular complexity index is 1790. The van der Waals surface area contributed by atoms with Crippen LogP contribution in [0.25, 0.3) is 11.1 Å². The molecule has 49 heavy (non-hydrogen) atoms. The van der Waals surface area contributed by atoms with Crippen molar-refractivity contribution in [2.24, 2.45) is 16.6 Å². The first-order valence-electron chi connectivity index (χ1n) is 16.1. The highest BCUT2D eigenvalue weighted by Gasteiger charge is 2.19. The van der Waals surface area contributed by atoms with Crippen molar-refractivity contribution < 1.29 is 29.0 Å². The number of carbonyl (C=O) groups excluding carboxylic acids is 3. The molecule has 0 unspecified atom stereocenters. The number of nitrogens with one attached hydrogen (secondary N) is 2. The maximum Gasteiger partial charge on any atom is 0.436 e. The first kappa shape index (κ1) is 36.4. The standard InChI is InChI=1S/C39H44N4O6/c1-25(2)21-41-36(45)29-15-17-32(30(19-29)23-44)33-18-16-31(48-24-27-9-7-6-8-10-27)20-34(33)37(46)42-22-26-11-13-28(14-12-26)35(40)43-38(47)49-39(3,4)5/h6-20,25,44H,21-24H2,1-5H3,(H,41,45)(H,42,46)(H2,40,43,47). The molecule has 4 aromatic rings. The molecule has 4 rings (SSSR count). The van der Waals surface area contributed by atoms with Gasteiger partial charge in [-0.3, -0.25) is 9.59 Å². The van der Waals surface area contributed by atoms with Crippen LogP contribution in [0.2, 0.25) is 0 Å². The van der Waals surface area contributed by atoms with Crippen LogP contribution in [0, 0.1) is 5.92 Å². The second kappa shape index (κ2) is 16.6. The Morgan fingerprint density at radius 3 is 2.14 bits per heavy atom. The monoisotopic (exact) mass is 664 g/mol. The summed E-state index contributed by atoms with van der Waals surface area (Å²) in [5, 5.41) is 16.2. The second-order valence-corrected chi connectivity index (χ2v) is 13.0. The van der Waals surface area contributed by atoms with Gasteiger partial charge >= 0.3 is 6.09 Å². The number of aliphatic hydroxyl groups is 1. The van der Waals surface area contributed by atoms with E-state index in [0.29, 0.717) is 58.2 Å². The van der Waals surface area contributed by atoms with Gasteiger partial charge in [-0.1, -0.05) is 74.5 Å². The van der Waals surface area contributed by atoms with Gasteiger partial charge in [0.05, 0.1) is 12.2 Å². The molecule has 0 atom stereocenters. The third-order valence-corrected chi connectivity index (χ3v) is 7.29. The summed E-state index contributed by atoms with van der Waals surface area (Å²) in [6.45, 7) is 9.96. The van der Waals surface area contributed by atoms with Crippen molar-refractivity contribution in [1.29, 1.82) is 0 Å². The van der Waals surface area contributed by atoms with Crippen LogP contribution in [0.15, 0.2) is 96.0 Å². The topological polar surface area (TPSA) is 152 Å². The summed E-state index contributed by atoms with van der Waals surface area (Å²) < 4.78 is 11.2. The summed E-state index contributed by atoms with van der Waals surface area (Å²) in [6.07, 6.45) is -0.777. The van der Waals surface area contributed by atoms with Gasteiger partial charge in [-0.25, -0.2) is 4.79 Å². The van der Waals surface area contributed by atoms with Crippen LogP contribution in [0.5, 0.6) is 5.75 Å². The molecule has 0 heterocycles. The zero-order chi connectivity index (χ0) is 35.6. The molecule has 0 bridgehead atoms. The van der Waals surface area contributed by atoms with Gasteiger partial charge < -0.3 is 30.9 Å². The number of nitrogens with zero attached hydrogens (tertiary/aromatic N) is 1. The van der Waals surface area contributed by atoms with Crippen LogP contribution in [0.1, 0.15) is 77.6 Å². The number of carbonyl (C=O) groups is 3. The summed E-state index contributed by atoms with van der Waals surface area (Å²) >= 11 is 0. The highest BCUT2D eigenvalue weighted by atomic mass is 16.6. The van der Waals surface area contributed by atoms with E-state index in [1.165, 1.54) is 0 Å². The third kappa shape index (κ3) is 10.8. The fraction of sp³-hybridized carbons (Fsp3) is 0.282. The highest BCUT2D eigenvalue weighted by molar-refractivity contribution is 6.03. The summed E-state index contributed by atoms with van der Waals surface area (Å²) in [7, 11) is 0. The first-order valence-corrected chi connectivity index (χ1v) is 16.1. The number of aliphatic hydroxyl groups excluding tert-OH is 1. The molecule has 0 aliphatic carbocycles. The van der Waals surface area contributed by atoms with Gasteiger partial charge in [0.25, 0.3) is 11.8 Å². The van der Waals surface area contributed by atoms with E-state index in [0.717, 1.165) is 11.1 Å². The molecule has 10 nitrogen and oxygen atoms in total. The Balaban J connectivity index is 1.58. The maximum atomic E-state index is 13.8. The van der Waals surface area contributed by atoms with E-state index in [1.807, 2.05) is 44.2 Å². The average molecular weight is 665 g/mol. The molecule has 0 aliphatic heterocycles.